The Balaban J connectivity index is 1.52. The lowest BCUT2D eigenvalue weighted by Crippen LogP contribution is -2.42. The van der Waals surface area contributed by atoms with E-state index in [0.29, 0.717) is 42.1 Å². The number of ketones is 1. The molecule has 220 valence electrons. The highest BCUT2D eigenvalue weighted by Crippen LogP contribution is 2.31. The molecule has 12 heteroatoms. The number of hydrogen-bond donors (Lipinski definition) is 3. The third kappa shape index (κ3) is 7.66. The number of halogens is 2. The Morgan fingerprint density at radius 2 is 1.90 bits per heavy atom. The summed E-state index contributed by atoms with van der Waals surface area (Å²) in [5.41, 5.74) is 0.567. The first kappa shape index (κ1) is 30.1. The monoisotopic (exact) mass is 571 g/mol. The molecule has 2 atom stereocenters. The Morgan fingerprint density at radius 1 is 1.17 bits per heavy atom. The Hall–Kier alpha value is -3.87. The molecule has 2 amide bonds. The summed E-state index contributed by atoms with van der Waals surface area (Å²) in [5, 5.41) is 21.7. The SMILES string of the molecule is CCN1C[C@@H](NC(=O)Nc2c(C)c(OCC(=O)CCC(C)(C)O)nn2-c2ccccc2)[C@H](c2ccc(F)c(F)c2)O1. The quantitative estimate of drug-likeness (QED) is 0.311. The summed E-state index contributed by atoms with van der Waals surface area (Å²) in [6, 6.07) is 11.5. The van der Waals surface area contributed by atoms with E-state index in [1.54, 1.807) is 38.0 Å². The van der Waals surface area contributed by atoms with Crippen LogP contribution in [-0.4, -0.2) is 63.1 Å². The van der Waals surface area contributed by atoms with Gasteiger partial charge in [-0.2, -0.15) is 5.06 Å². The number of hydroxylamine groups is 2. The van der Waals surface area contributed by atoms with E-state index in [-0.39, 0.29) is 24.7 Å². The number of anilines is 1. The van der Waals surface area contributed by atoms with Crippen LogP contribution < -0.4 is 15.4 Å². The molecule has 4 rings (SSSR count). The minimum absolute atomic E-state index is 0.146. The lowest BCUT2D eigenvalue weighted by molar-refractivity contribution is -0.144. The van der Waals surface area contributed by atoms with Crippen molar-refractivity contribution >= 4 is 17.6 Å². The minimum atomic E-state index is -1.00. The number of carbonyl (C=O) groups excluding carboxylic acids is 2. The molecule has 1 aromatic heterocycles. The van der Waals surface area contributed by atoms with Gasteiger partial charge in [0.25, 0.3) is 0 Å². The van der Waals surface area contributed by atoms with Gasteiger partial charge in [0.2, 0.25) is 5.88 Å². The molecule has 1 saturated heterocycles. The number of carbonyl (C=O) groups is 2. The van der Waals surface area contributed by atoms with Gasteiger partial charge in [0.1, 0.15) is 18.5 Å². The maximum atomic E-state index is 14.0. The number of aliphatic hydroxyl groups is 1. The number of nitrogens with one attached hydrogen (secondary N) is 2. The average Bonchev–Trinajstić information content (AvgIpc) is 3.48. The van der Waals surface area contributed by atoms with Crippen LogP contribution in [0.15, 0.2) is 48.5 Å². The zero-order chi connectivity index (χ0) is 29.7. The zero-order valence-electron chi connectivity index (χ0n) is 23.5. The van der Waals surface area contributed by atoms with E-state index >= 15 is 0 Å². The Labute approximate surface area is 237 Å². The van der Waals surface area contributed by atoms with E-state index in [1.165, 1.54) is 10.7 Å². The Bertz CT molecular complexity index is 1380. The van der Waals surface area contributed by atoms with Crippen molar-refractivity contribution in [3.05, 3.63) is 71.3 Å². The van der Waals surface area contributed by atoms with Crippen LogP contribution >= 0.6 is 0 Å². The number of benzene rings is 2. The van der Waals surface area contributed by atoms with E-state index in [1.807, 2.05) is 25.1 Å². The van der Waals surface area contributed by atoms with Crippen molar-refractivity contribution < 1.29 is 33.1 Å². The zero-order valence-corrected chi connectivity index (χ0v) is 23.5. The number of likely N-dealkylation sites (N-methyl/N-ethyl adjacent to an activating group) is 1. The van der Waals surface area contributed by atoms with Crippen LogP contribution in [0.2, 0.25) is 0 Å². The number of para-hydroxylation sites is 1. The number of nitrogens with zero attached hydrogens (tertiary/aromatic N) is 3. The molecule has 10 nitrogen and oxygen atoms in total. The van der Waals surface area contributed by atoms with Crippen LogP contribution in [0, 0.1) is 18.6 Å². The highest BCUT2D eigenvalue weighted by molar-refractivity contribution is 5.90. The van der Waals surface area contributed by atoms with Crippen LogP contribution in [0.4, 0.5) is 19.4 Å². The van der Waals surface area contributed by atoms with Gasteiger partial charge in [0, 0.05) is 19.5 Å². The molecule has 0 saturated carbocycles. The lowest BCUT2D eigenvalue weighted by atomic mass is 10.0. The van der Waals surface area contributed by atoms with Gasteiger partial charge in [-0.3, -0.25) is 14.9 Å². The molecule has 0 unspecified atom stereocenters. The van der Waals surface area contributed by atoms with Crippen molar-refractivity contribution in [1.82, 2.24) is 20.2 Å². The van der Waals surface area contributed by atoms with Crippen LogP contribution in [0.3, 0.4) is 0 Å². The first-order chi connectivity index (χ1) is 19.4. The van der Waals surface area contributed by atoms with Gasteiger partial charge in [0.05, 0.1) is 22.9 Å². The van der Waals surface area contributed by atoms with E-state index < -0.39 is 35.4 Å². The molecular weight excluding hydrogens is 536 g/mol. The molecule has 1 aliphatic heterocycles. The summed E-state index contributed by atoms with van der Waals surface area (Å²) < 4.78 is 34.7. The fourth-order valence-electron chi connectivity index (χ4n) is 4.39. The van der Waals surface area contributed by atoms with Gasteiger partial charge in [-0.05, 0) is 57.0 Å². The van der Waals surface area contributed by atoms with Gasteiger partial charge in [-0.1, -0.05) is 31.2 Å². The van der Waals surface area contributed by atoms with Crippen molar-refractivity contribution in [2.24, 2.45) is 0 Å². The first-order valence-corrected chi connectivity index (χ1v) is 13.4. The number of hydrogen-bond acceptors (Lipinski definition) is 7. The average molecular weight is 572 g/mol. The van der Waals surface area contributed by atoms with Crippen molar-refractivity contribution in [3.63, 3.8) is 0 Å². The molecule has 0 spiro atoms. The number of rotatable bonds is 11. The van der Waals surface area contributed by atoms with E-state index in [4.69, 9.17) is 9.57 Å². The van der Waals surface area contributed by atoms with E-state index in [2.05, 4.69) is 15.7 Å². The van der Waals surface area contributed by atoms with E-state index in [0.717, 1.165) is 12.1 Å². The maximum absolute atomic E-state index is 14.0. The molecule has 3 N–H and O–H groups in total. The summed E-state index contributed by atoms with van der Waals surface area (Å²) >= 11 is 0. The van der Waals surface area contributed by atoms with Crippen molar-refractivity contribution in [2.45, 2.75) is 58.3 Å². The lowest BCUT2D eigenvalue weighted by Gasteiger charge is -2.19. The molecule has 1 aliphatic rings. The number of urea groups is 1. The topological polar surface area (TPSA) is 118 Å². The number of Topliss-reactive ketones (excluding diaryl/α,β-unsaturated/α-hetero) is 1. The molecule has 0 radical (unpaired) electrons. The standard InChI is InChI=1S/C29H35F2N5O5/c1-5-35-16-24(25(41-35)19-11-12-22(30)23(31)15-19)32-28(38)33-26-18(2)27(34-36(26)20-9-7-6-8-10-20)40-17-21(37)13-14-29(3,4)39/h6-12,15,24-25,39H,5,13-14,16-17H2,1-4H3,(H2,32,33,38)/t24-,25+/m1/s1. The van der Waals surface area contributed by atoms with Crippen LogP contribution in [-0.2, 0) is 9.63 Å². The van der Waals surface area contributed by atoms with Gasteiger partial charge >= 0.3 is 6.03 Å². The van der Waals surface area contributed by atoms with Gasteiger partial charge in [-0.25, -0.2) is 18.3 Å². The van der Waals surface area contributed by atoms with Gasteiger partial charge in [-0.15, -0.1) is 5.10 Å². The van der Waals surface area contributed by atoms with Crippen LogP contribution in [0.5, 0.6) is 5.88 Å². The minimum Gasteiger partial charge on any atom is -0.468 e. The fourth-order valence-corrected chi connectivity index (χ4v) is 4.39. The normalized spacial score (nSPS) is 17.4. The second-order valence-electron chi connectivity index (χ2n) is 10.6. The summed E-state index contributed by atoms with van der Waals surface area (Å²) in [7, 11) is 0. The predicted octanol–water partition coefficient (Wildman–Crippen LogP) is 4.46. The number of aromatic nitrogens is 2. The summed E-state index contributed by atoms with van der Waals surface area (Å²) in [6.45, 7) is 7.46. The second kappa shape index (κ2) is 12.8. The molecule has 41 heavy (non-hydrogen) atoms. The smallest absolute Gasteiger partial charge is 0.320 e. The Kier molecular flexibility index (Phi) is 9.36. The molecule has 1 fully saturated rings. The highest BCUT2D eigenvalue weighted by Gasteiger charge is 2.36. The second-order valence-corrected chi connectivity index (χ2v) is 10.6. The fraction of sp³-hybridized carbons (Fsp3) is 0.414. The van der Waals surface area contributed by atoms with Crippen molar-refractivity contribution in [2.75, 3.05) is 25.0 Å². The Morgan fingerprint density at radius 3 is 2.56 bits per heavy atom. The third-order valence-corrected chi connectivity index (χ3v) is 6.67. The summed E-state index contributed by atoms with van der Waals surface area (Å²) in [4.78, 5) is 31.5. The van der Waals surface area contributed by atoms with Crippen LogP contribution in [0.1, 0.15) is 50.8 Å². The van der Waals surface area contributed by atoms with Crippen molar-refractivity contribution in [1.29, 1.82) is 0 Å². The van der Waals surface area contributed by atoms with Gasteiger partial charge in [0.15, 0.2) is 17.4 Å². The summed E-state index contributed by atoms with van der Waals surface area (Å²) in [5.74, 6) is -1.68. The van der Waals surface area contributed by atoms with E-state index in [9.17, 15) is 23.5 Å². The highest BCUT2D eigenvalue weighted by atomic mass is 19.2. The molecule has 0 bridgehead atoms. The molecule has 2 aromatic carbocycles. The van der Waals surface area contributed by atoms with Crippen LogP contribution in [0.25, 0.3) is 5.69 Å². The van der Waals surface area contributed by atoms with Gasteiger partial charge < -0.3 is 15.2 Å². The number of amides is 2. The molecule has 0 aliphatic carbocycles. The molecule has 3 aromatic rings. The predicted molar refractivity (Wildman–Crippen MR) is 148 cm³/mol. The maximum Gasteiger partial charge on any atom is 0.320 e. The van der Waals surface area contributed by atoms with Crippen molar-refractivity contribution in [3.8, 4) is 11.6 Å². The molecule has 2 heterocycles. The first-order valence-electron chi connectivity index (χ1n) is 13.4. The summed E-state index contributed by atoms with van der Waals surface area (Å²) in [6.07, 6.45) is -0.289. The third-order valence-electron chi connectivity index (χ3n) is 6.67. The molecular formula is C29H35F2N5O5. The largest absolute Gasteiger partial charge is 0.468 e. The number of ether oxygens (including phenoxy) is 1.